The number of hydrogen-bond donors (Lipinski definition) is 1. The Morgan fingerprint density at radius 1 is 1.06 bits per heavy atom. The molecule has 0 atom stereocenters. The predicted octanol–water partition coefficient (Wildman–Crippen LogP) is 2.77. The van der Waals surface area contributed by atoms with Gasteiger partial charge in [-0.15, -0.1) is 0 Å². The molecule has 1 aliphatic carbocycles. The van der Waals surface area contributed by atoms with Crippen LogP contribution in [0.2, 0.25) is 0 Å². The number of hydrogen-bond acceptors (Lipinski definition) is 4. The minimum Gasteiger partial charge on any atom is -0.396 e. The largest absolute Gasteiger partial charge is 0.396 e. The van der Waals surface area contributed by atoms with E-state index in [9.17, 15) is 19.5 Å². The van der Waals surface area contributed by atoms with Crippen molar-refractivity contribution in [3.05, 3.63) is 35.9 Å². The van der Waals surface area contributed by atoms with E-state index in [2.05, 4.69) is 0 Å². The van der Waals surface area contributed by atoms with Crippen molar-refractivity contribution in [2.24, 2.45) is 5.92 Å². The first-order valence-electron chi connectivity index (χ1n) is 11.6. The molecular formula is C24H33N3O4. The highest BCUT2D eigenvalue weighted by Gasteiger charge is 2.57. The van der Waals surface area contributed by atoms with E-state index in [0.29, 0.717) is 51.2 Å². The number of rotatable bonds is 7. The van der Waals surface area contributed by atoms with Gasteiger partial charge >= 0.3 is 6.03 Å². The lowest BCUT2D eigenvalue weighted by atomic mass is 9.85. The molecule has 0 aromatic heterocycles. The molecule has 7 nitrogen and oxygen atoms in total. The summed E-state index contributed by atoms with van der Waals surface area (Å²) in [6.07, 6.45) is 6.63. The average molecular weight is 428 g/mol. The number of carbonyl (C=O) groups is 3. The smallest absolute Gasteiger partial charge is 0.327 e. The van der Waals surface area contributed by atoms with Crippen molar-refractivity contribution in [2.75, 3.05) is 26.2 Å². The maximum absolute atomic E-state index is 13.4. The van der Waals surface area contributed by atoms with Gasteiger partial charge in [-0.3, -0.25) is 14.5 Å². The number of urea groups is 1. The summed E-state index contributed by atoms with van der Waals surface area (Å²) < 4.78 is 0. The molecule has 2 heterocycles. The lowest BCUT2D eigenvalue weighted by Crippen LogP contribution is -2.57. The lowest BCUT2D eigenvalue weighted by Gasteiger charge is -2.42. The van der Waals surface area contributed by atoms with E-state index in [4.69, 9.17) is 0 Å². The fourth-order valence-electron chi connectivity index (χ4n) is 5.39. The highest BCUT2D eigenvalue weighted by atomic mass is 16.3. The van der Waals surface area contributed by atoms with Crippen LogP contribution >= 0.6 is 0 Å². The van der Waals surface area contributed by atoms with Crippen LogP contribution in [0.25, 0.3) is 0 Å². The molecular weight excluding hydrogens is 394 g/mol. The maximum Gasteiger partial charge on any atom is 0.327 e. The zero-order valence-electron chi connectivity index (χ0n) is 18.2. The molecule has 0 radical (unpaired) electrons. The summed E-state index contributed by atoms with van der Waals surface area (Å²) in [7, 11) is 0. The number of likely N-dealkylation sites (tertiary alicyclic amines) is 1. The Morgan fingerprint density at radius 2 is 1.74 bits per heavy atom. The summed E-state index contributed by atoms with van der Waals surface area (Å²) in [6.45, 7) is 1.54. The van der Waals surface area contributed by atoms with Crippen LogP contribution in [0.3, 0.4) is 0 Å². The molecule has 2 saturated heterocycles. The molecule has 1 spiro atoms. The Labute approximate surface area is 184 Å². The van der Waals surface area contributed by atoms with Gasteiger partial charge in [-0.25, -0.2) is 4.79 Å². The Kier molecular flexibility index (Phi) is 6.60. The monoisotopic (exact) mass is 427 g/mol. The Morgan fingerprint density at radius 3 is 2.39 bits per heavy atom. The van der Waals surface area contributed by atoms with Crippen molar-refractivity contribution in [3.63, 3.8) is 0 Å². The first-order valence-corrected chi connectivity index (χ1v) is 11.6. The van der Waals surface area contributed by atoms with Crippen molar-refractivity contribution in [1.82, 2.24) is 14.7 Å². The van der Waals surface area contributed by atoms with Gasteiger partial charge in [0.05, 0.1) is 0 Å². The third-order valence-electron chi connectivity index (χ3n) is 7.23. The van der Waals surface area contributed by atoms with Gasteiger partial charge in [0.15, 0.2) is 0 Å². The number of aliphatic hydroxyl groups is 1. The number of aliphatic hydroxyl groups excluding tert-OH is 1. The van der Waals surface area contributed by atoms with Crippen LogP contribution in [0.1, 0.15) is 56.9 Å². The summed E-state index contributed by atoms with van der Waals surface area (Å²) >= 11 is 0. The number of amides is 4. The SMILES string of the molecule is O=C(CC1CCCC1)N1CCC2(CC1)C(=O)N(CCCO)C(=O)N2Cc1ccccc1. The molecule has 31 heavy (non-hydrogen) atoms. The number of nitrogens with zero attached hydrogens (tertiary/aromatic N) is 3. The molecule has 0 unspecified atom stereocenters. The number of imide groups is 1. The molecule has 4 rings (SSSR count). The summed E-state index contributed by atoms with van der Waals surface area (Å²) in [4.78, 5) is 44.3. The third kappa shape index (κ3) is 4.33. The van der Waals surface area contributed by atoms with Gasteiger partial charge in [0, 0.05) is 39.2 Å². The van der Waals surface area contributed by atoms with Gasteiger partial charge in [0.25, 0.3) is 5.91 Å². The van der Waals surface area contributed by atoms with Gasteiger partial charge in [0.1, 0.15) is 5.54 Å². The molecule has 3 aliphatic rings. The molecule has 168 valence electrons. The first-order chi connectivity index (χ1) is 15.0. The summed E-state index contributed by atoms with van der Waals surface area (Å²) in [5, 5.41) is 9.21. The summed E-state index contributed by atoms with van der Waals surface area (Å²) in [5.41, 5.74) is 0.0822. The van der Waals surface area contributed by atoms with Crippen molar-refractivity contribution < 1.29 is 19.5 Å². The molecule has 1 saturated carbocycles. The zero-order valence-corrected chi connectivity index (χ0v) is 18.2. The standard InChI is InChI=1S/C24H33N3O4/c28-16-6-13-26-22(30)24(27(23(26)31)18-20-9-2-1-3-10-20)11-14-25(15-12-24)21(29)17-19-7-4-5-8-19/h1-3,9-10,19,28H,4-8,11-18H2. The quantitative estimate of drug-likeness (QED) is 0.679. The predicted molar refractivity (Wildman–Crippen MR) is 116 cm³/mol. The highest BCUT2D eigenvalue weighted by Crippen LogP contribution is 2.39. The number of piperidine rings is 1. The highest BCUT2D eigenvalue weighted by molar-refractivity contribution is 6.07. The molecule has 1 aromatic carbocycles. The first kappa shape index (κ1) is 21.8. The van der Waals surface area contributed by atoms with Crippen LogP contribution in [0.15, 0.2) is 30.3 Å². The molecule has 3 fully saturated rings. The fourth-order valence-corrected chi connectivity index (χ4v) is 5.39. The van der Waals surface area contributed by atoms with E-state index in [0.717, 1.165) is 18.4 Å². The topological polar surface area (TPSA) is 81.2 Å². The average Bonchev–Trinajstić information content (AvgIpc) is 3.36. The van der Waals surface area contributed by atoms with Crippen molar-refractivity contribution in [2.45, 2.75) is 63.5 Å². The van der Waals surface area contributed by atoms with Gasteiger partial charge in [-0.1, -0.05) is 43.2 Å². The maximum atomic E-state index is 13.4. The minimum absolute atomic E-state index is 0.0633. The van der Waals surface area contributed by atoms with E-state index < -0.39 is 5.54 Å². The minimum atomic E-state index is -0.896. The van der Waals surface area contributed by atoms with Crippen LogP contribution in [0.5, 0.6) is 0 Å². The second-order valence-corrected chi connectivity index (χ2v) is 9.16. The Balaban J connectivity index is 1.49. The molecule has 1 N–H and O–H groups in total. The van der Waals surface area contributed by atoms with Crippen LogP contribution in [-0.2, 0) is 16.1 Å². The van der Waals surface area contributed by atoms with Crippen LogP contribution in [0.4, 0.5) is 4.79 Å². The van der Waals surface area contributed by atoms with Gasteiger partial charge in [-0.05, 0) is 43.6 Å². The van der Waals surface area contributed by atoms with Crippen LogP contribution in [-0.4, -0.2) is 69.4 Å². The summed E-state index contributed by atoms with van der Waals surface area (Å²) in [6, 6.07) is 9.42. The molecule has 4 amide bonds. The van der Waals surface area contributed by atoms with E-state index in [1.165, 1.54) is 17.7 Å². The molecule has 0 bridgehead atoms. The van der Waals surface area contributed by atoms with Gasteiger partial charge in [0.2, 0.25) is 5.91 Å². The number of benzene rings is 1. The molecule has 2 aliphatic heterocycles. The molecule has 7 heteroatoms. The van der Waals surface area contributed by atoms with Crippen LogP contribution < -0.4 is 0 Å². The van der Waals surface area contributed by atoms with E-state index in [1.54, 1.807) is 4.90 Å². The van der Waals surface area contributed by atoms with Gasteiger partial charge in [-0.2, -0.15) is 0 Å². The number of carbonyl (C=O) groups excluding carboxylic acids is 3. The second-order valence-electron chi connectivity index (χ2n) is 9.16. The Hall–Kier alpha value is -2.41. The van der Waals surface area contributed by atoms with Crippen LogP contribution in [0, 0.1) is 5.92 Å². The zero-order chi connectivity index (χ0) is 21.8. The fraction of sp³-hybridized carbons (Fsp3) is 0.625. The van der Waals surface area contributed by atoms with E-state index in [-0.39, 0.29) is 31.0 Å². The normalized spacial score (nSPS) is 21.5. The Bertz CT molecular complexity index is 798. The van der Waals surface area contributed by atoms with Crippen molar-refractivity contribution >= 4 is 17.8 Å². The second kappa shape index (κ2) is 9.39. The summed E-state index contributed by atoms with van der Waals surface area (Å²) in [5.74, 6) is 0.511. The van der Waals surface area contributed by atoms with Crippen molar-refractivity contribution in [1.29, 1.82) is 0 Å². The van der Waals surface area contributed by atoms with E-state index >= 15 is 0 Å². The lowest BCUT2D eigenvalue weighted by molar-refractivity contribution is -0.141. The van der Waals surface area contributed by atoms with Crippen molar-refractivity contribution in [3.8, 4) is 0 Å². The molecule has 1 aromatic rings. The van der Waals surface area contributed by atoms with Gasteiger partial charge < -0.3 is 14.9 Å². The third-order valence-corrected chi connectivity index (χ3v) is 7.23. The van der Waals surface area contributed by atoms with E-state index in [1.807, 2.05) is 35.2 Å².